The van der Waals surface area contributed by atoms with Crippen molar-refractivity contribution in [2.75, 3.05) is 89.1 Å². The van der Waals surface area contributed by atoms with E-state index in [1.165, 1.54) is 56.4 Å². The molecule has 0 amide bonds. The number of carbonyl (C=O) groups is 2. The van der Waals surface area contributed by atoms with Crippen LogP contribution in [0.15, 0.2) is 60.9 Å². The number of nitrogens with two attached hydrogens (primary N) is 1. The first-order valence-electron chi connectivity index (χ1n) is 23.0. The van der Waals surface area contributed by atoms with E-state index in [4.69, 9.17) is 25.9 Å². The van der Waals surface area contributed by atoms with Crippen molar-refractivity contribution in [1.82, 2.24) is 19.9 Å². The zero-order valence-corrected chi connectivity index (χ0v) is 43.5. The molecule has 0 spiro atoms. The van der Waals surface area contributed by atoms with Gasteiger partial charge in [0, 0.05) is 60.1 Å². The van der Waals surface area contributed by atoms with Crippen LogP contribution in [0.3, 0.4) is 0 Å². The third kappa shape index (κ3) is 14.2. The summed E-state index contributed by atoms with van der Waals surface area (Å²) in [5.74, 6) is -12.4. The van der Waals surface area contributed by atoms with Gasteiger partial charge in [0.2, 0.25) is 29.1 Å². The molecule has 0 saturated carbocycles. The Bertz CT molecular complexity index is 3410. The van der Waals surface area contributed by atoms with Crippen LogP contribution in [0.1, 0.15) is 79.3 Å². The number of nitrogen functional groups attached to an aromatic ring is 1. The van der Waals surface area contributed by atoms with Gasteiger partial charge in [-0.25, -0.2) is 61.6 Å². The zero-order valence-electron chi connectivity index (χ0n) is 40.3. The number of hydrogen-bond donors (Lipinski definition) is 1. The van der Waals surface area contributed by atoms with E-state index >= 15 is 4.39 Å². The van der Waals surface area contributed by atoms with Gasteiger partial charge in [-0.3, -0.25) is 19.6 Å². The number of sulfonamides is 2. The Morgan fingerprint density at radius 2 is 0.987 bits per heavy atom. The number of aromatic nitrogens is 4. The lowest BCUT2D eigenvalue weighted by Gasteiger charge is -2.27. The first kappa shape index (κ1) is 60.6. The molecule has 4 heterocycles. The summed E-state index contributed by atoms with van der Waals surface area (Å²) in [6.07, 6.45) is 3.66. The molecule has 76 heavy (non-hydrogen) atoms. The molecule has 2 N–H and O–H groups in total. The van der Waals surface area contributed by atoms with Crippen LogP contribution in [-0.4, -0.2) is 127 Å². The molecule has 28 heteroatoms. The van der Waals surface area contributed by atoms with E-state index in [2.05, 4.69) is 19.9 Å². The van der Waals surface area contributed by atoms with Crippen molar-refractivity contribution in [1.29, 1.82) is 0 Å². The summed E-state index contributed by atoms with van der Waals surface area (Å²) in [5, 5.41) is 0. The van der Waals surface area contributed by atoms with Crippen molar-refractivity contribution >= 4 is 96.4 Å². The van der Waals surface area contributed by atoms with Crippen LogP contribution >= 0.6 is 10.7 Å². The molecule has 4 aromatic carbocycles. The predicted molar refractivity (Wildman–Crippen MR) is 276 cm³/mol. The fourth-order valence-corrected chi connectivity index (χ4v) is 12.6. The number of carbonyl (C=O) groups excluding carboxylic acids is 2. The molecule has 18 nitrogen and oxygen atoms in total. The number of nitrogens with zero attached hydrogens (tertiary/aromatic N) is 7. The highest BCUT2D eigenvalue weighted by Crippen LogP contribution is 2.34. The van der Waals surface area contributed by atoms with E-state index in [-0.39, 0.29) is 52.4 Å². The summed E-state index contributed by atoms with van der Waals surface area (Å²) in [7, 11) is -7.87. The first-order valence-corrected chi connectivity index (χ1v) is 28.7. The van der Waals surface area contributed by atoms with Crippen molar-refractivity contribution in [3.63, 3.8) is 0 Å². The molecule has 0 radical (unpaired) electrons. The Balaban J connectivity index is 0.000000257. The van der Waals surface area contributed by atoms with E-state index in [0.29, 0.717) is 93.3 Å². The molecule has 2 aliphatic rings. The van der Waals surface area contributed by atoms with Gasteiger partial charge in [-0.15, -0.1) is 0 Å². The lowest BCUT2D eigenvalue weighted by molar-refractivity contribution is 0.102. The normalized spacial score (nSPS) is 14.0. The van der Waals surface area contributed by atoms with Crippen molar-refractivity contribution in [3.8, 4) is 0 Å². The van der Waals surface area contributed by atoms with Crippen LogP contribution in [0.25, 0.3) is 22.1 Å². The Morgan fingerprint density at radius 1 is 0.592 bits per heavy atom. The SMILES string of the molecule is C.CCCS(=O)(=O)Cl.CCCS(=O)(=O)N(c1cc(F)c(F)c(C(=O)c2ccc3ncc(N4CCOCC4)nc3c2)c1F)S(=O)(=O)CCC.Nc1cc(F)c(F)c(C(=O)c2ccc3ncc(N4CCOCC4)nc3c2)c1F. The lowest BCUT2D eigenvalue weighted by Crippen LogP contribution is -2.40. The van der Waals surface area contributed by atoms with E-state index in [1.54, 1.807) is 13.1 Å². The highest BCUT2D eigenvalue weighted by Gasteiger charge is 2.38. The van der Waals surface area contributed by atoms with Crippen LogP contribution in [-0.2, 0) is 38.6 Å². The number of fused-ring (bicyclic) bond motifs is 2. The van der Waals surface area contributed by atoms with Gasteiger partial charge in [0.15, 0.2) is 46.5 Å². The summed E-state index contributed by atoms with van der Waals surface area (Å²) >= 11 is 0. The molecule has 8 rings (SSSR count). The maximum Gasteiger partial charge on any atom is 0.248 e. The molecule has 2 saturated heterocycles. The molecular weight excluding hydrogens is 1090 g/mol. The van der Waals surface area contributed by atoms with Gasteiger partial charge in [-0.05, 0) is 55.7 Å². The zero-order chi connectivity index (χ0) is 55.0. The van der Waals surface area contributed by atoms with E-state index < -0.39 is 110 Å². The Labute approximate surface area is 439 Å². The third-order valence-electron chi connectivity index (χ3n) is 11.1. The predicted octanol–water partition coefficient (Wildman–Crippen LogP) is 7.70. The third-order valence-corrected chi connectivity index (χ3v) is 17.1. The standard InChI is InChI=1S/C25H27F3N4O6S2.C19H15F3N4O2.C3H7ClO2S.CH4/c1-3-11-39(34,35)32(40(36,37)12-4-2)20-14-17(26)23(27)22(24(20)28)25(33)16-5-6-18-19(13-16)30-21(15-29-18)31-7-9-38-10-8-31;20-11-8-12(23)18(22)16(17(11)21)19(27)10-1-2-13-14(7-10)25-15(9-24-13)26-3-5-28-6-4-26;1-2-3-7(4,5)6;/h5-6,13-15H,3-4,7-12H2,1-2H3;1-2,7-9H,3-6,23H2;2-3H2,1H3;1H4. The van der Waals surface area contributed by atoms with E-state index in [9.17, 15) is 56.8 Å². The number of rotatable bonds is 15. The second-order valence-electron chi connectivity index (χ2n) is 16.6. The lowest BCUT2D eigenvalue weighted by atomic mass is 10.0. The van der Waals surface area contributed by atoms with Crippen LogP contribution in [0.4, 0.5) is 49.4 Å². The fourth-order valence-electron chi connectivity index (χ4n) is 7.61. The highest BCUT2D eigenvalue weighted by molar-refractivity contribution is 8.13. The maximum atomic E-state index is 15.8. The van der Waals surface area contributed by atoms with Crippen LogP contribution in [0.5, 0.6) is 0 Å². The minimum Gasteiger partial charge on any atom is -0.396 e. The Kier molecular flexibility index (Phi) is 20.5. The minimum atomic E-state index is -4.74. The topological polar surface area (TPSA) is 242 Å². The summed E-state index contributed by atoms with van der Waals surface area (Å²) < 4.78 is 169. The number of ether oxygens (including phenoxy) is 2. The quantitative estimate of drug-likeness (QED) is 0.0340. The minimum absolute atomic E-state index is 0. The smallest absolute Gasteiger partial charge is 0.248 e. The number of hydrogen-bond acceptors (Lipinski definition) is 17. The second kappa shape index (κ2) is 25.7. The fraction of sp³-hybridized carbons (Fsp3) is 0.375. The number of ketones is 2. The van der Waals surface area contributed by atoms with Gasteiger partial charge in [0.25, 0.3) is 0 Å². The average Bonchev–Trinajstić information content (AvgIpc) is 3.37. The number of morpholine rings is 2. The molecular formula is C48H53ClF6N8O10S3. The molecule has 0 atom stereocenters. The van der Waals surface area contributed by atoms with E-state index in [1.807, 2.05) is 9.80 Å². The Hall–Kier alpha value is -6.26. The average molecular weight is 1150 g/mol. The molecule has 0 aliphatic carbocycles. The summed E-state index contributed by atoms with van der Waals surface area (Å²) in [4.78, 5) is 47.5. The molecule has 412 valence electrons. The Morgan fingerprint density at radius 3 is 1.37 bits per heavy atom. The highest BCUT2D eigenvalue weighted by atomic mass is 35.7. The number of halogens is 7. The van der Waals surface area contributed by atoms with Crippen molar-refractivity contribution in [3.05, 3.63) is 118 Å². The van der Waals surface area contributed by atoms with Crippen molar-refractivity contribution in [2.24, 2.45) is 0 Å². The molecule has 6 aromatic rings. The van der Waals surface area contributed by atoms with Crippen molar-refractivity contribution in [2.45, 2.75) is 47.5 Å². The maximum absolute atomic E-state index is 15.8. The van der Waals surface area contributed by atoms with Gasteiger partial charge in [0.05, 0.1) is 95.0 Å². The molecule has 0 bridgehead atoms. The van der Waals surface area contributed by atoms with Crippen LogP contribution < -0.4 is 19.2 Å². The largest absolute Gasteiger partial charge is 0.396 e. The summed E-state index contributed by atoms with van der Waals surface area (Å²) in [6.45, 7) is 9.18. The van der Waals surface area contributed by atoms with Gasteiger partial charge < -0.3 is 25.0 Å². The van der Waals surface area contributed by atoms with Gasteiger partial charge >= 0.3 is 0 Å². The van der Waals surface area contributed by atoms with E-state index in [0.717, 1.165) is 0 Å². The summed E-state index contributed by atoms with van der Waals surface area (Å²) in [6, 6.07) is 8.68. The molecule has 2 aliphatic heterocycles. The monoisotopic (exact) mass is 1150 g/mol. The van der Waals surface area contributed by atoms with Crippen LogP contribution in [0.2, 0.25) is 0 Å². The van der Waals surface area contributed by atoms with Gasteiger partial charge in [-0.1, -0.05) is 28.2 Å². The second-order valence-corrected chi connectivity index (χ2v) is 23.6. The van der Waals surface area contributed by atoms with Crippen LogP contribution in [0, 0.1) is 34.9 Å². The molecule has 0 unspecified atom stereocenters. The molecule has 2 fully saturated rings. The number of anilines is 4. The van der Waals surface area contributed by atoms with Gasteiger partial charge in [-0.2, -0.15) is 3.71 Å². The molecule has 2 aromatic heterocycles. The number of benzene rings is 4. The summed E-state index contributed by atoms with van der Waals surface area (Å²) in [5.41, 5.74) is 2.04. The van der Waals surface area contributed by atoms with Crippen molar-refractivity contribution < 1.29 is 70.7 Å². The first-order chi connectivity index (χ1) is 35.4. The van der Waals surface area contributed by atoms with Gasteiger partial charge in [0.1, 0.15) is 17.3 Å².